The summed E-state index contributed by atoms with van der Waals surface area (Å²) in [4.78, 5) is 10.5. The van der Waals surface area contributed by atoms with Crippen molar-refractivity contribution in [2.24, 2.45) is 0 Å². The summed E-state index contributed by atoms with van der Waals surface area (Å²) in [5, 5.41) is 0. The Bertz CT molecular complexity index is 148. The molecule has 3 nitrogen and oxygen atoms in total. The van der Waals surface area contributed by atoms with Gasteiger partial charge in [0.2, 0.25) is 0 Å². The summed E-state index contributed by atoms with van der Waals surface area (Å²) in [6, 6.07) is 0. The highest BCUT2D eigenvalue weighted by Crippen LogP contribution is 2.13. The van der Waals surface area contributed by atoms with E-state index in [0.717, 1.165) is 13.0 Å². The van der Waals surface area contributed by atoms with Crippen LogP contribution in [0, 0.1) is 0 Å². The summed E-state index contributed by atoms with van der Waals surface area (Å²) in [7, 11) is 1.36. The summed E-state index contributed by atoms with van der Waals surface area (Å²) in [5.41, 5.74) is 0. The Hall–Kier alpha value is -0.830. The number of ether oxygens (including phenoxy) is 2. The third-order valence-electron chi connectivity index (χ3n) is 1.26. The monoisotopic (exact) mass is 172 g/mol. The third kappa shape index (κ3) is 5.92. The molecule has 12 heavy (non-hydrogen) atoms. The van der Waals surface area contributed by atoms with Crippen LogP contribution in [0.1, 0.15) is 20.3 Å². The van der Waals surface area contributed by atoms with Crippen molar-refractivity contribution in [1.29, 1.82) is 0 Å². The second kappa shape index (κ2) is 6.85. The first kappa shape index (κ1) is 11.2. The van der Waals surface area contributed by atoms with E-state index in [1.165, 1.54) is 13.2 Å². The number of carbonyl (C=O) groups excluding carboxylic acids is 1. The van der Waals surface area contributed by atoms with Gasteiger partial charge >= 0.3 is 5.97 Å². The zero-order chi connectivity index (χ0) is 9.40. The summed E-state index contributed by atoms with van der Waals surface area (Å²) in [6.07, 6.45) is 4.35. The lowest BCUT2D eigenvalue weighted by Gasteiger charge is -1.87. The molecule has 0 N–H and O–H groups in total. The average molecular weight is 172 g/mol. The second-order valence-electron chi connectivity index (χ2n) is 2.12. The van der Waals surface area contributed by atoms with Gasteiger partial charge in [-0.05, 0) is 6.42 Å². The summed E-state index contributed by atoms with van der Waals surface area (Å²) >= 11 is 0. The molecule has 1 heterocycles. The average Bonchev–Trinajstić information content (AvgIpc) is 2.92. The fourth-order valence-electron chi connectivity index (χ4n) is 0.588. The normalized spacial score (nSPS) is 19.8. The van der Waals surface area contributed by atoms with Gasteiger partial charge in [0.15, 0.2) is 0 Å². The Morgan fingerprint density at radius 3 is 2.67 bits per heavy atom. The van der Waals surface area contributed by atoms with Crippen LogP contribution in [-0.2, 0) is 14.3 Å². The Morgan fingerprint density at radius 1 is 1.67 bits per heavy atom. The number of carbonyl (C=O) groups is 1. The molecule has 1 atom stereocenters. The van der Waals surface area contributed by atoms with Gasteiger partial charge in [-0.15, -0.1) is 0 Å². The van der Waals surface area contributed by atoms with Gasteiger partial charge in [-0.1, -0.05) is 19.9 Å². The van der Waals surface area contributed by atoms with E-state index in [1.807, 2.05) is 13.8 Å². The molecule has 0 spiro atoms. The molecule has 0 saturated carbocycles. The molecule has 0 bridgehead atoms. The molecule has 3 heteroatoms. The van der Waals surface area contributed by atoms with E-state index in [2.05, 4.69) is 4.74 Å². The number of hydrogen-bond acceptors (Lipinski definition) is 3. The maximum atomic E-state index is 10.5. The van der Waals surface area contributed by atoms with Crippen LogP contribution in [0.25, 0.3) is 0 Å². The van der Waals surface area contributed by atoms with Gasteiger partial charge in [0.25, 0.3) is 0 Å². The van der Waals surface area contributed by atoms with Gasteiger partial charge in [-0.3, -0.25) is 0 Å². The first-order valence-corrected chi connectivity index (χ1v) is 4.19. The van der Waals surface area contributed by atoms with Crippen molar-refractivity contribution in [3.05, 3.63) is 12.2 Å². The maximum Gasteiger partial charge on any atom is 0.330 e. The van der Waals surface area contributed by atoms with E-state index in [9.17, 15) is 4.79 Å². The van der Waals surface area contributed by atoms with E-state index in [0.29, 0.717) is 6.10 Å². The molecule has 0 amide bonds. The lowest BCUT2D eigenvalue weighted by atomic mass is 10.3. The molecule has 0 aromatic carbocycles. The molecular weight excluding hydrogens is 156 g/mol. The van der Waals surface area contributed by atoms with Crippen molar-refractivity contribution in [1.82, 2.24) is 0 Å². The SMILES string of the molecule is CC.COC(=O)C=CCC1CO1. The van der Waals surface area contributed by atoms with Crippen LogP contribution in [0.4, 0.5) is 0 Å². The van der Waals surface area contributed by atoms with Crippen LogP contribution in [0.3, 0.4) is 0 Å². The lowest BCUT2D eigenvalue weighted by Crippen LogP contribution is -1.93. The van der Waals surface area contributed by atoms with Gasteiger partial charge < -0.3 is 9.47 Å². The van der Waals surface area contributed by atoms with Crippen LogP contribution in [0.15, 0.2) is 12.2 Å². The number of esters is 1. The summed E-state index contributed by atoms with van der Waals surface area (Å²) < 4.78 is 9.31. The molecular formula is C9H16O3. The van der Waals surface area contributed by atoms with Crippen molar-refractivity contribution in [3.8, 4) is 0 Å². The number of methoxy groups -OCH3 is 1. The smallest absolute Gasteiger partial charge is 0.330 e. The van der Waals surface area contributed by atoms with Crippen molar-refractivity contribution < 1.29 is 14.3 Å². The van der Waals surface area contributed by atoms with E-state index in [4.69, 9.17) is 4.74 Å². The van der Waals surface area contributed by atoms with Crippen molar-refractivity contribution in [3.63, 3.8) is 0 Å². The molecule has 70 valence electrons. The molecule has 1 fully saturated rings. The molecule has 1 saturated heterocycles. The minimum Gasteiger partial charge on any atom is -0.466 e. The van der Waals surface area contributed by atoms with E-state index in [-0.39, 0.29) is 5.97 Å². The Morgan fingerprint density at radius 2 is 2.25 bits per heavy atom. The second-order valence-corrected chi connectivity index (χ2v) is 2.12. The fourth-order valence-corrected chi connectivity index (χ4v) is 0.588. The Kier molecular flexibility index (Phi) is 6.38. The molecule has 0 radical (unpaired) electrons. The Balaban J connectivity index is 0.000000561. The minimum atomic E-state index is -0.305. The predicted molar refractivity (Wildman–Crippen MR) is 46.9 cm³/mol. The maximum absolute atomic E-state index is 10.5. The highest BCUT2D eigenvalue weighted by molar-refractivity contribution is 5.81. The van der Waals surface area contributed by atoms with Gasteiger partial charge in [0, 0.05) is 6.08 Å². The summed E-state index contributed by atoms with van der Waals surface area (Å²) in [6.45, 7) is 4.82. The van der Waals surface area contributed by atoms with Gasteiger partial charge in [0.05, 0.1) is 19.8 Å². The van der Waals surface area contributed by atoms with E-state index in [1.54, 1.807) is 6.08 Å². The van der Waals surface area contributed by atoms with E-state index < -0.39 is 0 Å². The van der Waals surface area contributed by atoms with Crippen molar-refractivity contribution in [2.75, 3.05) is 13.7 Å². The van der Waals surface area contributed by atoms with Gasteiger partial charge in [-0.2, -0.15) is 0 Å². The first-order valence-electron chi connectivity index (χ1n) is 4.19. The fraction of sp³-hybridized carbons (Fsp3) is 0.667. The van der Waals surface area contributed by atoms with Crippen LogP contribution in [-0.4, -0.2) is 25.8 Å². The van der Waals surface area contributed by atoms with Crippen LogP contribution >= 0.6 is 0 Å². The van der Waals surface area contributed by atoms with Gasteiger partial charge in [0.1, 0.15) is 0 Å². The number of epoxide rings is 1. The van der Waals surface area contributed by atoms with Crippen LogP contribution in [0.5, 0.6) is 0 Å². The molecule has 1 unspecified atom stereocenters. The zero-order valence-corrected chi connectivity index (χ0v) is 7.87. The molecule has 1 rings (SSSR count). The topological polar surface area (TPSA) is 38.8 Å². The lowest BCUT2D eigenvalue weighted by molar-refractivity contribution is -0.134. The molecule has 0 aromatic rings. The molecule has 1 aliphatic rings. The quantitative estimate of drug-likeness (QED) is 0.368. The molecule has 1 aliphatic heterocycles. The number of hydrogen-bond donors (Lipinski definition) is 0. The minimum absolute atomic E-state index is 0.305. The third-order valence-corrected chi connectivity index (χ3v) is 1.26. The largest absolute Gasteiger partial charge is 0.466 e. The number of rotatable bonds is 3. The van der Waals surface area contributed by atoms with Crippen molar-refractivity contribution >= 4 is 5.97 Å². The predicted octanol–water partition coefficient (Wildman–Crippen LogP) is 1.53. The standard InChI is InChI=1S/C7H10O3.C2H6/c1-9-7(8)4-2-3-6-5-10-6;1-2/h2,4,6H,3,5H2,1H3;1-2H3. The van der Waals surface area contributed by atoms with E-state index >= 15 is 0 Å². The van der Waals surface area contributed by atoms with Gasteiger partial charge in [-0.25, -0.2) is 4.79 Å². The molecule has 0 aromatic heterocycles. The summed E-state index contributed by atoms with van der Waals surface area (Å²) in [5.74, 6) is -0.305. The Labute approximate surface area is 73.4 Å². The molecule has 0 aliphatic carbocycles. The first-order chi connectivity index (χ1) is 5.83. The van der Waals surface area contributed by atoms with Crippen molar-refractivity contribution in [2.45, 2.75) is 26.4 Å². The van der Waals surface area contributed by atoms with Crippen LogP contribution in [0.2, 0.25) is 0 Å². The van der Waals surface area contributed by atoms with Crippen LogP contribution < -0.4 is 0 Å². The zero-order valence-electron chi connectivity index (χ0n) is 7.87. The highest BCUT2D eigenvalue weighted by Gasteiger charge is 2.19. The highest BCUT2D eigenvalue weighted by atomic mass is 16.6.